The third-order valence-corrected chi connectivity index (χ3v) is 5.75. The molecule has 0 unspecified atom stereocenters. The molecule has 0 radical (unpaired) electrons. The molecule has 0 atom stereocenters. The van der Waals surface area contributed by atoms with Gasteiger partial charge in [-0.25, -0.2) is 13.4 Å². The van der Waals surface area contributed by atoms with Gasteiger partial charge >= 0.3 is 0 Å². The Morgan fingerprint density at radius 2 is 1.92 bits per heavy atom. The molecule has 0 saturated heterocycles. The van der Waals surface area contributed by atoms with E-state index in [-0.39, 0.29) is 4.90 Å². The second-order valence-corrected chi connectivity index (χ2v) is 8.03. The molecule has 0 saturated carbocycles. The highest BCUT2D eigenvalue weighted by Crippen LogP contribution is 2.29. The Labute approximate surface area is 154 Å². The molecule has 0 bridgehead atoms. The topological polar surface area (TPSA) is 94.3 Å². The fraction of sp³-hybridized carbons (Fsp3) is 0.0625. The zero-order valence-corrected chi connectivity index (χ0v) is 15.5. The van der Waals surface area contributed by atoms with E-state index in [0.717, 1.165) is 11.3 Å². The molecule has 25 heavy (non-hydrogen) atoms. The fourth-order valence-corrected chi connectivity index (χ4v) is 3.99. The quantitative estimate of drug-likeness (QED) is 0.684. The number of ether oxygens (including phenoxy) is 1. The lowest BCUT2D eigenvalue weighted by Gasteiger charge is -2.10. The van der Waals surface area contributed by atoms with Crippen LogP contribution in [0.4, 0.5) is 10.8 Å². The van der Waals surface area contributed by atoms with Crippen LogP contribution in [0.5, 0.6) is 5.75 Å². The van der Waals surface area contributed by atoms with Crippen LogP contribution in [0.1, 0.15) is 0 Å². The molecule has 0 fully saturated rings. The number of hydrogen-bond donors (Lipinski definition) is 2. The number of sulfonamides is 1. The van der Waals surface area contributed by atoms with Crippen molar-refractivity contribution < 1.29 is 13.2 Å². The lowest BCUT2D eigenvalue weighted by molar-refractivity contribution is 0.413. The number of nitrogens with zero attached hydrogens (tertiary/aromatic N) is 1. The smallest absolute Gasteiger partial charge is 0.262 e. The summed E-state index contributed by atoms with van der Waals surface area (Å²) in [6.45, 7) is 0. The van der Waals surface area contributed by atoms with Crippen LogP contribution in [-0.2, 0) is 10.0 Å². The second kappa shape index (κ2) is 6.91. The Kier molecular flexibility index (Phi) is 4.85. The van der Waals surface area contributed by atoms with E-state index in [1.54, 1.807) is 24.3 Å². The summed E-state index contributed by atoms with van der Waals surface area (Å²) in [4.78, 5) is 4.25. The zero-order chi connectivity index (χ0) is 18.0. The predicted molar refractivity (Wildman–Crippen MR) is 101 cm³/mol. The van der Waals surface area contributed by atoms with Gasteiger partial charge in [0, 0.05) is 22.7 Å². The van der Waals surface area contributed by atoms with E-state index in [4.69, 9.17) is 22.1 Å². The van der Waals surface area contributed by atoms with Crippen molar-refractivity contribution in [2.75, 3.05) is 17.6 Å². The standard InChI is InChI=1S/C16H14ClN3O3S2/c1-23-15-8-12(6-7-13(15)17)25(21,22)20-11-4-2-10(3-5-11)14-9-24-16(18)19-14/h2-9,20H,1H3,(H2,18,19). The Morgan fingerprint density at radius 3 is 2.52 bits per heavy atom. The predicted octanol–water partition coefficient (Wildman–Crippen LogP) is 3.86. The van der Waals surface area contributed by atoms with Gasteiger partial charge in [0.2, 0.25) is 0 Å². The molecule has 0 amide bonds. The van der Waals surface area contributed by atoms with E-state index in [1.807, 2.05) is 5.38 Å². The summed E-state index contributed by atoms with van der Waals surface area (Å²) >= 11 is 7.28. The van der Waals surface area contributed by atoms with E-state index in [2.05, 4.69) is 9.71 Å². The SMILES string of the molecule is COc1cc(S(=O)(=O)Nc2ccc(-c3csc(N)n3)cc2)ccc1Cl. The molecule has 1 heterocycles. The van der Waals surface area contributed by atoms with Crippen LogP contribution >= 0.6 is 22.9 Å². The number of nitrogen functional groups attached to an aromatic ring is 1. The molecule has 0 aliphatic heterocycles. The maximum atomic E-state index is 12.5. The van der Waals surface area contributed by atoms with E-state index >= 15 is 0 Å². The first-order chi connectivity index (χ1) is 11.9. The van der Waals surface area contributed by atoms with Crippen molar-refractivity contribution in [1.29, 1.82) is 0 Å². The first kappa shape index (κ1) is 17.5. The number of nitrogens with one attached hydrogen (secondary N) is 1. The van der Waals surface area contributed by atoms with Gasteiger partial charge in [0.05, 0.1) is 22.7 Å². The van der Waals surface area contributed by atoms with Gasteiger partial charge in [0.25, 0.3) is 10.0 Å². The minimum atomic E-state index is -3.76. The summed E-state index contributed by atoms with van der Waals surface area (Å²) in [6.07, 6.45) is 0. The van der Waals surface area contributed by atoms with Crippen molar-refractivity contribution in [2.24, 2.45) is 0 Å². The zero-order valence-electron chi connectivity index (χ0n) is 13.1. The van der Waals surface area contributed by atoms with Crippen LogP contribution in [-0.4, -0.2) is 20.5 Å². The average molecular weight is 396 g/mol. The molecule has 130 valence electrons. The van der Waals surface area contributed by atoms with Crippen LogP contribution in [0, 0.1) is 0 Å². The first-order valence-electron chi connectivity index (χ1n) is 7.07. The summed E-state index contributed by atoms with van der Waals surface area (Å²) in [5.41, 5.74) is 7.66. The number of halogens is 1. The minimum absolute atomic E-state index is 0.0603. The van der Waals surface area contributed by atoms with Crippen molar-refractivity contribution >= 4 is 43.8 Å². The molecule has 0 aliphatic rings. The van der Waals surface area contributed by atoms with E-state index < -0.39 is 10.0 Å². The molecule has 0 aliphatic carbocycles. The highest BCUT2D eigenvalue weighted by molar-refractivity contribution is 7.92. The average Bonchev–Trinajstić information content (AvgIpc) is 3.02. The van der Waals surface area contributed by atoms with E-state index in [0.29, 0.717) is 21.6 Å². The van der Waals surface area contributed by atoms with Gasteiger partial charge in [-0.15, -0.1) is 11.3 Å². The molecule has 3 aromatic rings. The van der Waals surface area contributed by atoms with Gasteiger partial charge in [-0.2, -0.15) is 0 Å². The van der Waals surface area contributed by atoms with Gasteiger partial charge in [-0.1, -0.05) is 23.7 Å². The summed E-state index contributed by atoms with van der Waals surface area (Å²) in [5.74, 6) is 0.293. The normalized spacial score (nSPS) is 11.3. The van der Waals surface area contributed by atoms with Crippen molar-refractivity contribution in [2.45, 2.75) is 4.90 Å². The minimum Gasteiger partial charge on any atom is -0.495 e. The Bertz CT molecular complexity index is 1000. The van der Waals surface area contributed by atoms with Crippen molar-refractivity contribution in [1.82, 2.24) is 4.98 Å². The number of thiazole rings is 1. The molecule has 6 nitrogen and oxygen atoms in total. The molecule has 3 N–H and O–H groups in total. The molecule has 0 spiro atoms. The number of anilines is 2. The lowest BCUT2D eigenvalue weighted by atomic mass is 10.1. The monoisotopic (exact) mass is 395 g/mol. The third-order valence-electron chi connectivity index (χ3n) is 3.39. The van der Waals surface area contributed by atoms with Crippen LogP contribution in [0.25, 0.3) is 11.3 Å². The largest absolute Gasteiger partial charge is 0.495 e. The molecule has 9 heteroatoms. The Hall–Kier alpha value is -2.29. The van der Waals surface area contributed by atoms with E-state index in [1.165, 1.54) is 36.6 Å². The summed E-state index contributed by atoms with van der Waals surface area (Å²) in [6, 6.07) is 11.1. The number of hydrogen-bond acceptors (Lipinski definition) is 6. The van der Waals surface area contributed by atoms with Crippen LogP contribution in [0.2, 0.25) is 5.02 Å². The van der Waals surface area contributed by atoms with Gasteiger partial charge in [-0.05, 0) is 24.3 Å². The number of aromatic nitrogens is 1. The van der Waals surface area contributed by atoms with Crippen molar-refractivity contribution in [3.05, 3.63) is 52.9 Å². The summed E-state index contributed by atoms with van der Waals surface area (Å²) < 4.78 is 32.6. The lowest BCUT2D eigenvalue weighted by Crippen LogP contribution is -2.13. The van der Waals surface area contributed by atoms with Gasteiger partial charge in [0.15, 0.2) is 5.13 Å². The number of methoxy groups -OCH3 is 1. The Balaban J connectivity index is 1.83. The highest BCUT2D eigenvalue weighted by atomic mass is 35.5. The van der Waals surface area contributed by atoms with Crippen LogP contribution in [0.15, 0.2) is 52.7 Å². The molecular formula is C16H14ClN3O3S2. The van der Waals surface area contributed by atoms with Crippen LogP contribution < -0.4 is 15.2 Å². The van der Waals surface area contributed by atoms with Gasteiger partial charge < -0.3 is 10.5 Å². The number of rotatable bonds is 5. The summed E-state index contributed by atoms with van der Waals surface area (Å²) in [5, 5.41) is 2.67. The number of nitrogens with two attached hydrogens (primary N) is 1. The molecule has 2 aromatic carbocycles. The van der Waals surface area contributed by atoms with E-state index in [9.17, 15) is 8.42 Å². The first-order valence-corrected chi connectivity index (χ1v) is 9.81. The maximum absolute atomic E-state index is 12.5. The maximum Gasteiger partial charge on any atom is 0.262 e. The van der Waals surface area contributed by atoms with Crippen LogP contribution in [0.3, 0.4) is 0 Å². The Morgan fingerprint density at radius 1 is 1.20 bits per heavy atom. The van der Waals surface area contributed by atoms with Crippen molar-refractivity contribution in [3.8, 4) is 17.0 Å². The fourth-order valence-electron chi connectivity index (χ4n) is 2.15. The molecule has 3 rings (SSSR count). The number of benzene rings is 2. The summed E-state index contributed by atoms with van der Waals surface area (Å²) in [7, 11) is -2.33. The van der Waals surface area contributed by atoms with Gasteiger partial charge in [0.1, 0.15) is 5.75 Å². The van der Waals surface area contributed by atoms with Crippen molar-refractivity contribution in [3.63, 3.8) is 0 Å². The second-order valence-electron chi connectivity index (χ2n) is 5.05. The third kappa shape index (κ3) is 3.87. The molecule has 1 aromatic heterocycles. The van der Waals surface area contributed by atoms with Gasteiger partial charge in [-0.3, -0.25) is 4.72 Å². The molecular weight excluding hydrogens is 382 g/mol. The highest BCUT2D eigenvalue weighted by Gasteiger charge is 2.16.